The van der Waals surface area contributed by atoms with Crippen molar-refractivity contribution in [3.05, 3.63) is 99.2 Å². The number of rotatable bonds is 4. The van der Waals surface area contributed by atoms with E-state index in [1.54, 1.807) is 0 Å². The van der Waals surface area contributed by atoms with Crippen molar-refractivity contribution >= 4 is 22.8 Å². The molecule has 0 bridgehead atoms. The Labute approximate surface area is 216 Å². The molecule has 0 amide bonds. The first-order valence-corrected chi connectivity index (χ1v) is 11.9. The number of halogens is 3. The van der Waals surface area contributed by atoms with Crippen molar-refractivity contribution < 1.29 is 27.6 Å². The number of anilines is 2. The molecule has 1 aliphatic carbocycles. The largest absolute Gasteiger partial charge is 0.457 e. The zero-order valence-electron chi connectivity index (χ0n) is 20.6. The number of nitrogens with zero attached hydrogens (tertiary/aromatic N) is 1. The molecule has 2 N–H and O–H groups in total. The molecule has 0 fully saturated rings. The molecule has 2 aliphatic rings. The van der Waals surface area contributed by atoms with Gasteiger partial charge in [0.05, 0.1) is 27.9 Å². The molecular weight excluding hydrogens is 499 g/mol. The van der Waals surface area contributed by atoms with Gasteiger partial charge in [0.15, 0.2) is 5.78 Å². The minimum atomic E-state index is -4.50. The second-order valence-corrected chi connectivity index (χ2v) is 10.2. The molecule has 1 heterocycles. The topological polar surface area (TPSA) is 93.5 Å². The van der Waals surface area contributed by atoms with E-state index < -0.39 is 22.7 Å². The Morgan fingerprint density at radius 2 is 1.68 bits per heavy atom. The minimum absolute atomic E-state index is 0.110. The maximum absolute atomic E-state index is 13.5. The number of non-ortho nitro benzene ring substituents is 1. The number of alkyl halides is 3. The van der Waals surface area contributed by atoms with Crippen molar-refractivity contribution in [2.45, 2.75) is 38.9 Å². The first-order valence-electron chi connectivity index (χ1n) is 11.9. The number of allylic oxidation sites excluding steroid dienone is 1. The predicted octanol–water partition coefficient (Wildman–Crippen LogP) is 7.63. The zero-order chi connectivity index (χ0) is 27.2. The van der Waals surface area contributed by atoms with E-state index in [0.717, 1.165) is 17.8 Å². The molecule has 1 aliphatic heterocycles. The van der Waals surface area contributed by atoms with Gasteiger partial charge in [-0.2, -0.15) is 13.2 Å². The Morgan fingerprint density at radius 3 is 2.34 bits per heavy atom. The number of hydrogen-bond acceptors (Lipinski definition) is 6. The second-order valence-electron chi connectivity index (χ2n) is 10.2. The lowest BCUT2D eigenvalue weighted by atomic mass is 9.73. The molecule has 0 aromatic heterocycles. The molecule has 38 heavy (non-hydrogen) atoms. The summed E-state index contributed by atoms with van der Waals surface area (Å²) >= 11 is 0. The lowest BCUT2D eigenvalue weighted by molar-refractivity contribution is -0.384. The summed E-state index contributed by atoms with van der Waals surface area (Å²) < 4.78 is 45.0. The van der Waals surface area contributed by atoms with E-state index in [9.17, 15) is 28.1 Å². The lowest BCUT2D eigenvalue weighted by Gasteiger charge is -2.34. The van der Waals surface area contributed by atoms with Crippen LogP contribution in [0.4, 0.5) is 30.2 Å². The number of nitro benzene ring substituents is 1. The van der Waals surface area contributed by atoms with Crippen molar-refractivity contribution in [2.24, 2.45) is 5.41 Å². The summed E-state index contributed by atoms with van der Waals surface area (Å²) in [6.07, 6.45) is -3.64. The van der Waals surface area contributed by atoms with E-state index in [2.05, 4.69) is 10.6 Å². The number of carbonyl (C=O) groups is 1. The number of ether oxygens (including phenoxy) is 1. The third kappa shape index (κ3) is 4.93. The third-order valence-corrected chi connectivity index (χ3v) is 6.65. The number of benzene rings is 3. The Bertz CT molecular complexity index is 1460. The smallest absolute Gasteiger partial charge is 0.416 e. The van der Waals surface area contributed by atoms with E-state index in [4.69, 9.17) is 4.74 Å². The van der Waals surface area contributed by atoms with Gasteiger partial charge < -0.3 is 15.4 Å². The highest BCUT2D eigenvalue weighted by molar-refractivity contribution is 6.01. The van der Waals surface area contributed by atoms with Crippen LogP contribution in [0.5, 0.6) is 11.5 Å². The Balaban J connectivity index is 1.65. The first kappa shape index (κ1) is 25.3. The number of para-hydroxylation sites is 2. The monoisotopic (exact) mass is 523 g/mol. The summed E-state index contributed by atoms with van der Waals surface area (Å²) in [6, 6.07) is 14.7. The number of hydrogen-bond donors (Lipinski definition) is 2. The molecule has 0 unspecified atom stereocenters. The fraction of sp³-hybridized carbons (Fsp3) is 0.250. The lowest BCUT2D eigenvalue weighted by Crippen LogP contribution is -2.31. The molecule has 196 valence electrons. The molecular formula is C28H24F3N3O4. The number of nitro groups is 1. The summed E-state index contributed by atoms with van der Waals surface area (Å²) in [4.78, 5) is 24.7. The van der Waals surface area contributed by atoms with Crippen LogP contribution in [0.3, 0.4) is 0 Å². The van der Waals surface area contributed by atoms with Crippen LogP contribution in [0.1, 0.15) is 43.9 Å². The highest BCUT2D eigenvalue weighted by Gasteiger charge is 2.40. The van der Waals surface area contributed by atoms with E-state index in [1.165, 1.54) is 30.3 Å². The van der Waals surface area contributed by atoms with Crippen LogP contribution in [0.25, 0.3) is 0 Å². The Hall–Kier alpha value is -4.34. The Morgan fingerprint density at radius 1 is 1.00 bits per heavy atom. The molecule has 3 aromatic rings. The third-order valence-electron chi connectivity index (χ3n) is 6.65. The molecule has 0 spiro atoms. The van der Waals surface area contributed by atoms with E-state index in [0.29, 0.717) is 28.9 Å². The average molecular weight is 524 g/mol. The summed E-state index contributed by atoms with van der Waals surface area (Å²) in [6.45, 7) is 4.00. The van der Waals surface area contributed by atoms with Gasteiger partial charge >= 0.3 is 6.18 Å². The summed E-state index contributed by atoms with van der Waals surface area (Å²) in [7, 11) is 0. The van der Waals surface area contributed by atoms with Crippen LogP contribution in [0.15, 0.2) is 78.0 Å². The number of carbonyl (C=O) groups excluding carboxylic acids is 1. The molecule has 7 nitrogen and oxygen atoms in total. The molecule has 0 saturated heterocycles. The Kier molecular flexibility index (Phi) is 6.13. The number of Topliss-reactive ketones (excluding diaryl/α,β-unsaturated/α-hetero) is 1. The molecule has 5 rings (SSSR count). The highest BCUT2D eigenvalue weighted by atomic mass is 19.4. The van der Waals surface area contributed by atoms with Crippen molar-refractivity contribution in [3.63, 3.8) is 0 Å². The molecule has 10 heteroatoms. The van der Waals surface area contributed by atoms with Crippen molar-refractivity contribution in [2.75, 3.05) is 10.6 Å². The zero-order valence-corrected chi connectivity index (χ0v) is 20.6. The van der Waals surface area contributed by atoms with Gasteiger partial charge in [0.2, 0.25) is 0 Å². The van der Waals surface area contributed by atoms with Gasteiger partial charge in [-0.25, -0.2) is 0 Å². The van der Waals surface area contributed by atoms with Gasteiger partial charge in [0, 0.05) is 35.4 Å². The van der Waals surface area contributed by atoms with Crippen LogP contribution in [-0.4, -0.2) is 10.7 Å². The van der Waals surface area contributed by atoms with E-state index in [-0.39, 0.29) is 34.8 Å². The fourth-order valence-electron chi connectivity index (χ4n) is 4.93. The fourth-order valence-corrected chi connectivity index (χ4v) is 4.93. The second kappa shape index (κ2) is 9.20. The van der Waals surface area contributed by atoms with Gasteiger partial charge in [-0.1, -0.05) is 26.0 Å². The van der Waals surface area contributed by atoms with Gasteiger partial charge in [-0.15, -0.1) is 0 Å². The van der Waals surface area contributed by atoms with Gasteiger partial charge in [-0.3, -0.25) is 14.9 Å². The van der Waals surface area contributed by atoms with Crippen molar-refractivity contribution in [3.8, 4) is 11.5 Å². The molecule has 1 atom stereocenters. The van der Waals surface area contributed by atoms with Crippen LogP contribution >= 0.6 is 0 Å². The van der Waals surface area contributed by atoms with Gasteiger partial charge in [0.1, 0.15) is 11.5 Å². The number of ketones is 1. The van der Waals surface area contributed by atoms with Crippen LogP contribution < -0.4 is 15.4 Å². The first-order chi connectivity index (χ1) is 17.9. The normalized spacial score (nSPS) is 18.4. The predicted molar refractivity (Wildman–Crippen MR) is 136 cm³/mol. The van der Waals surface area contributed by atoms with Crippen LogP contribution in [-0.2, 0) is 11.0 Å². The maximum atomic E-state index is 13.5. The van der Waals surface area contributed by atoms with Gasteiger partial charge in [0.25, 0.3) is 5.69 Å². The summed E-state index contributed by atoms with van der Waals surface area (Å²) in [5.41, 5.74) is 1.57. The van der Waals surface area contributed by atoms with Gasteiger partial charge in [-0.05, 0) is 54.3 Å². The quantitative estimate of drug-likeness (QED) is 0.270. The number of fused-ring (bicyclic) bond motifs is 1. The minimum Gasteiger partial charge on any atom is -0.457 e. The van der Waals surface area contributed by atoms with Crippen molar-refractivity contribution in [1.29, 1.82) is 0 Å². The van der Waals surface area contributed by atoms with Crippen LogP contribution in [0, 0.1) is 15.5 Å². The standard InChI is InChI=1S/C28H24F3N3O4/c1-27(2)14-22-25(23(35)15-27)26(33-21-6-4-3-5-20(21)32-22)19-13-17(34(36)37)9-12-24(19)38-18-10-7-16(8-11-18)28(29,30)31/h3-13,26,32-33H,14-15H2,1-2H3/t26-/m0/s1. The summed E-state index contributed by atoms with van der Waals surface area (Å²) in [5.74, 6) is 0.184. The summed E-state index contributed by atoms with van der Waals surface area (Å²) in [5, 5.41) is 18.4. The number of nitrogens with one attached hydrogen (secondary N) is 2. The molecule has 0 saturated carbocycles. The highest BCUT2D eigenvalue weighted by Crippen LogP contribution is 2.48. The SMILES string of the molecule is CC1(C)CC(=O)C2=C(C1)Nc1ccccc1N[C@H]2c1cc([N+](=O)[O-])ccc1Oc1ccc(C(F)(F)F)cc1. The maximum Gasteiger partial charge on any atom is 0.416 e. The van der Waals surface area contributed by atoms with Crippen molar-refractivity contribution in [1.82, 2.24) is 0 Å². The molecule has 3 aromatic carbocycles. The van der Waals surface area contributed by atoms with E-state index >= 15 is 0 Å². The van der Waals surface area contributed by atoms with Crippen LogP contribution in [0.2, 0.25) is 0 Å². The van der Waals surface area contributed by atoms with E-state index in [1.807, 2.05) is 38.1 Å². The molecule has 0 radical (unpaired) electrons. The average Bonchev–Trinajstić information content (AvgIpc) is 2.99.